The van der Waals surface area contributed by atoms with Crippen molar-refractivity contribution >= 4 is 17.6 Å². The van der Waals surface area contributed by atoms with Crippen molar-refractivity contribution < 1.29 is 23.8 Å². The fraction of sp³-hybridized carbons (Fsp3) is 0.353. The van der Waals surface area contributed by atoms with Gasteiger partial charge in [-0.25, -0.2) is 9.18 Å². The minimum atomic E-state index is -1.23. The van der Waals surface area contributed by atoms with Crippen molar-refractivity contribution in [2.24, 2.45) is 0 Å². The van der Waals surface area contributed by atoms with Crippen LogP contribution in [-0.2, 0) is 21.5 Å². The summed E-state index contributed by atoms with van der Waals surface area (Å²) in [5.74, 6) is -1.71. The summed E-state index contributed by atoms with van der Waals surface area (Å²) in [4.78, 5) is 23.2. The SMILES string of the molecule is COc1cccc(CCC(=O)Nc2cnn(C(C)(C)C(=O)O)c2)c1F. The van der Waals surface area contributed by atoms with Crippen LogP contribution in [0.15, 0.2) is 30.6 Å². The maximum Gasteiger partial charge on any atom is 0.331 e. The molecule has 1 heterocycles. The third-order valence-corrected chi connectivity index (χ3v) is 3.85. The van der Waals surface area contributed by atoms with Gasteiger partial charge in [-0.05, 0) is 31.9 Å². The van der Waals surface area contributed by atoms with Gasteiger partial charge in [0, 0.05) is 12.6 Å². The van der Waals surface area contributed by atoms with Crippen LogP contribution >= 0.6 is 0 Å². The van der Waals surface area contributed by atoms with Gasteiger partial charge in [-0.15, -0.1) is 0 Å². The summed E-state index contributed by atoms with van der Waals surface area (Å²) in [5, 5.41) is 15.8. The zero-order chi connectivity index (χ0) is 18.6. The molecule has 0 saturated heterocycles. The van der Waals surface area contributed by atoms with Crippen LogP contribution in [0.25, 0.3) is 0 Å². The monoisotopic (exact) mass is 349 g/mol. The first kappa shape index (κ1) is 18.4. The smallest absolute Gasteiger partial charge is 0.331 e. The summed E-state index contributed by atoms with van der Waals surface area (Å²) < 4.78 is 20.2. The first-order valence-electron chi connectivity index (χ1n) is 7.65. The van der Waals surface area contributed by atoms with E-state index >= 15 is 0 Å². The van der Waals surface area contributed by atoms with Crippen LogP contribution in [0.2, 0.25) is 0 Å². The number of rotatable bonds is 7. The van der Waals surface area contributed by atoms with Gasteiger partial charge < -0.3 is 15.2 Å². The lowest BCUT2D eigenvalue weighted by atomic mass is 10.1. The molecule has 8 heteroatoms. The first-order valence-corrected chi connectivity index (χ1v) is 7.65. The number of aromatic nitrogens is 2. The fourth-order valence-corrected chi connectivity index (χ4v) is 2.17. The van der Waals surface area contributed by atoms with Crippen molar-refractivity contribution in [3.05, 3.63) is 42.0 Å². The topological polar surface area (TPSA) is 93.5 Å². The number of carbonyl (C=O) groups excluding carboxylic acids is 1. The van der Waals surface area contributed by atoms with E-state index in [4.69, 9.17) is 4.74 Å². The van der Waals surface area contributed by atoms with Crippen LogP contribution in [0, 0.1) is 5.82 Å². The first-order chi connectivity index (χ1) is 11.8. The third kappa shape index (κ3) is 4.14. The highest BCUT2D eigenvalue weighted by Gasteiger charge is 2.30. The molecule has 25 heavy (non-hydrogen) atoms. The van der Waals surface area contributed by atoms with Crippen LogP contribution < -0.4 is 10.1 Å². The molecule has 2 aromatic rings. The maximum atomic E-state index is 14.0. The average molecular weight is 349 g/mol. The Kier molecular flexibility index (Phi) is 5.41. The number of carboxylic acids is 1. The molecular formula is C17H20FN3O4. The third-order valence-electron chi connectivity index (χ3n) is 3.85. The molecule has 0 aliphatic heterocycles. The second kappa shape index (κ2) is 7.33. The Balaban J connectivity index is 1.98. The lowest BCUT2D eigenvalue weighted by molar-refractivity contribution is -0.146. The second-order valence-electron chi connectivity index (χ2n) is 6.02. The molecule has 0 bridgehead atoms. The highest BCUT2D eigenvalue weighted by atomic mass is 19.1. The second-order valence-corrected chi connectivity index (χ2v) is 6.02. The number of nitrogens with zero attached hydrogens (tertiary/aromatic N) is 2. The zero-order valence-electron chi connectivity index (χ0n) is 14.2. The number of aryl methyl sites for hydroxylation is 1. The van der Waals surface area contributed by atoms with E-state index in [0.717, 1.165) is 0 Å². The van der Waals surface area contributed by atoms with E-state index in [1.807, 2.05) is 0 Å². The molecule has 2 N–H and O–H groups in total. The van der Waals surface area contributed by atoms with Gasteiger partial charge in [0.1, 0.15) is 0 Å². The number of anilines is 1. The van der Waals surface area contributed by atoms with Gasteiger partial charge in [-0.2, -0.15) is 5.10 Å². The highest BCUT2D eigenvalue weighted by molar-refractivity contribution is 5.90. The van der Waals surface area contributed by atoms with Crippen LogP contribution in [0.1, 0.15) is 25.8 Å². The van der Waals surface area contributed by atoms with Gasteiger partial charge >= 0.3 is 5.97 Å². The van der Waals surface area contributed by atoms with E-state index in [2.05, 4.69) is 10.4 Å². The van der Waals surface area contributed by atoms with E-state index in [0.29, 0.717) is 11.3 Å². The standard InChI is InChI=1S/C17H20FN3O4/c1-17(2,16(23)24)21-10-12(9-19-21)20-14(22)8-7-11-5-4-6-13(25-3)15(11)18/h4-6,9-10H,7-8H2,1-3H3,(H,20,22)(H,23,24). The van der Waals surface area contributed by atoms with Crippen molar-refractivity contribution in [2.75, 3.05) is 12.4 Å². The van der Waals surface area contributed by atoms with Crippen molar-refractivity contribution in [1.29, 1.82) is 0 Å². The molecule has 0 unspecified atom stereocenters. The molecule has 0 fully saturated rings. The molecular weight excluding hydrogens is 329 g/mol. The number of carbonyl (C=O) groups is 2. The number of halogens is 1. The van der Waals surface area contributed by atoms with E-state index < -0.39 is 17.3 Å². The molecule has 134 valence electrons. The number of aliphatic carboxylic acids is 1. The number of carboxylic acid groups (broad SMARTS) is 1. The Hall–Kier alpha value is -2.90. The van der Waals surface area contributed by atoms with Gasteiger partial charge in [0.25, 0.3) is 0 Å². The predicted octanol–water partition coefficient (Wildman–Crippen LogP) is 2.42. The fourth-order valence-electron chi connectivity index (χ4n) is 2.17. The van der Waals surface area contributed by atoms with Gasteiger partial charge in [0.05, 0.1) is 19.0 Å². The van der Waals surface area contributed by atoms with Gasteiger partial charge in [0.15, 0.2) is 17.1 Å². The molecule has 1 aromatic heterocycles. The van der Waals surface area contributed by atoms with Crippen LogP contribution in [0.3, 0.4) is 0 Å². The Labute approximate surface area is 144 Å². The van der Waals surface area contributed by atoms with E-state index in [-0.39, 0.29) is 24.5 Å². The Bertz CT molecular complexity index is 786. The van der Waals surface area contributed by atoms with Gasteiger partial charge in [0.2, 0.25) is 5.91 Å². The summed E-state index contributed by atoms with van der Waals surface area (Å²) in [6.07, 6.45) is 3.09. The molecule has 7 nitrogen and oxygen atoms in total. The van der Waals surface area contributed by atoms with Crippen LogP contribution in [-0.4, -0.2) is 33.9 Å². The normalized spacial score (nSPS) is 11.2. The highest BCUT2D eigenvalue weighted by Crippen LogP contribution is 2.21. The molecule has 1 amide bonds. The lowest BCUT2D eigenvalue weighted by Crippen LogP contribution is -2.35. The molecule has 0 radical (unpaired) electrons. The largest absolute Gasteiger partial charge is 0.494 e. The minimum absolute atomic E-state index is 0.0671. The number of nitrogens with one attached hydrogen (secondary N) is 1. The summed E-state index contributed by atoms with van der Waals surface area (Å²) >= 11 is 0. The van der Waals surface area contributed by atoms with Crippen molar-refractivity contribution in [3.63, 3.8) is 0 Å². The number of benzene rings is 1. The summed E-state index contributed by atoms with van der Waals surface area (Å²) in [5.41, 5.74) is -0.463. The summed E-state index contributed by atoms with van der Waals surface area (Å²) in [6, 6.07) is 4.77. The zero-order valence-corrected chi connectivity index (χ0v) is 14.2. The minimum Gasteiger partial charge on any atom is -0.494 e. The van der Waals surface area contributed by atoms with Gasteiger partial charge in [-0.3, -0.25) is 9.48 Å². The Morgan fingerprint density at radius 2 is 2.12 bits per heavy atom. The van der Waals surface area contributed by atoms with E-state index in [1.165, 1.54) is 44.1 Å². The average Bonchev–Trinajstić information content (AvgIpc) is 3.03. The van der Waals surface area contributed by atoms with Crippen LogP contribution in [0.4, 0.5) is 10.1 Å². The lowest BCUT2D eigenvalue weighted by Gasteiger charge is -2.19. The number of amides is 1. The van der Waals surface area contributed by atoms with Crippen molar-refractivity contribution in [3.8, 4) is 5.75 Å². The molecule has 0 spiro atoms. The molecule has 2 rings (SSSR count). The maximum absolute atomic E-state index is 14.0. The molecule has 0 atom stereocenters. The van der Waals surface area contributed by atoms with Crippen LogP contribution in [0.5, 0.6) is 5.75 Å². The van der Waals surface area contributed by atoms with Crippen molar-refractivity contribution in [2.45, 2.75) is 32.2 Å². The summed E-state index contributed by atoms with van der Waals surface area (Å²) in [6.45, 7) is 3.00. The van der Waals surface area contributed by atoms with Gasteiger partial charge in [-0.1, -0.05) is 12.1 Å². The summed E-state index contributed by atoms with van der Waals surface area (Å²) in [7, 11) is 1.38. The number of methoxy groups -OCH3 is 1. The predicted molar refractivity (Wildman–Crippen MR) is 89.1 cm³/mol. The number of ether oxygens (including phenoxy) is 1. The molecule has 0 saturated carbocycles. The van der Waals surface area contributed by atoms with Crippen molar-refractivity contribution in [1.82, 2.24) is 9.78 Å². The quantitative estimate of drug-likeness (QED) is 0.801. The molecule has 0 aliphatic carbocycles. The molecule has 0 aliphatic rings. The Morgan fingerprint density at radius 1 is 1.40 bits per heavy atom. The van der Waals surface area contributed by atoms with E-state index in [1.54, 1.807) is 12.1 Å². The Morgan fingerprint density at radius 3 is 2.76 bits per heavy atom. The number of hydrogen-bond acceptors (Lipinski definition) is 4. The number of hydrogen-bond donors (Lipinski definition) is 2. The van der Waals surface area contributed by atoms with E-state index in [9.17, 15) is 19.1 Å². The molecule has 1 aromatic carbocycles.